The monoisotopic (exact) mass is 334 g/mol. The third kappa shape index (κ3) is 6.20. The first-order chi connectivity index (χ1) is 11.7. The predicted octanol–water partition coefficient (Wildman–Crippen LogP) is 2.41. The Morgan fingerprint density at radius 3 is 2.79 bits per heavy atom. The van der Waals surface area contributed by atoms with Gasteiger partial charge in [-0.05, 0) is 31.2 Å². The number of hydrogen-bond acceptors (Lipinski definition) is 4. The van der Waals surface area contributed by atoms with E-state index >= 15 is 0 Å². The van der Waals surface area contributed by atoms with Gasteiger partial charge in [0.2, 0.25) is 0 Å². The normalized spacial score (nSPS) is 18.5. The lowest BCUT2D eigenvalue weighted by Gasteiger charge is -2.23. The van der Waals surface area contributed by atoms with Crippen molar-refractivity contribution in [1.82, 2.24) is 10.6 Å². The van der Waals surface area contributed by atoms with Crippen LogP contribution in [0.1, 0.15) is 37.8 Å². The number of urea groups is 1. The molecule has 6 nitrogen and oxygen atoms in total. The molecular formula is C18H26N2O4. The van der Waals surface area contributed by atoms with E-state index in [1.54, 1.807) is 6.92 Å². The van der Waals surface area contributed by atoms with Gasteiger partial charge in [0.25, 0.3) is 0 Å². The van der Waals surface area contributed by atoms with Gasteiger partial charge in [0.1, 0.15) is 0 Å². The van der Waals surface area contributed by atoms with E-state index in [1.165, 1.54) is 0 Å². The van der Waals surface area contributed by atoms with Gasteiger partial charge in [0, 0.05) is 13.2 Å². The van der Waals surface area contributed by atoms with Crippen LogP contribution in [0.2, 0.25) is 0 Å². The van der Waals surface area contributed by atoms with Gasteiger partial charge >= 0.3 is 12.0 Å². The van der Waals surface area contributed by atoms with E-state index in [1.807, 2.05) is 30.3 Å². The highest BCUT2D eigenvalue weighted by Gasteiger charge is 2.20. The summed E-state index contributed by atoms with van der Waals surface area (Å²) in [5, 5.41) is 5.75. The second-order valence-corrected chi connectivity index (χ2v) is 5.91. The van der Waals surface area contributed by atoms with Crippen LogP contribution in [-0.2, 0) is 14.3 Å². The molecule has 2 atom stereocenters. The van der Waals surface area contributed by atoms with Crippen LogP contribution in [0.25, 0.3) is 0 Å². The molecule has 0 unspecified atom stereocenters. The van der Waals surface area contributed by atoms with E-state index in [4.69, 9.17) is 9.47 Å². The van der Waals surface area contributed by atoms with Gasteiger partial charge in [0.15, 0.2) is 0 Å². The molecule has 1 fully saturated rings. The predicted molar refractivity (Wildman–Crippen MR) is 90.5 cm³/mol. The topological polar surface area (TPSA) is 76.7 Å². The van der Waals surface area contributed by atoms with Crippen molar-refractivity contribution in [1.29, 1.82) is 0 Å². The van der Waals surface area contributed by atoms with Gasteiger partial charge in [0.05, 0.1) is 25.7 Å². The van der Waals surface area contributed by atoms with Crippen molar-refractivity contribution < 1.29 is 19.1 Å². The highest BCUT2D eigenvalue weighted by Crippen LogP contribution is 2.17. The quantitative estimate of drug-likeness (QED) is 0.751. The van der Waals surface area contributed by atoms with Crippen LogP contribution in [0.3, 0.4) is 0 Å². The van der Waals surface area contributed by atoms with Crippen molar-refractivity contribution >= 4 is 12.0 Å². The fourth-order valence-electron chi connectivity index (χ4n) is 2.74. The number of hydrogen-bond donors (Lipinski definition) is 2. The molecule has 0 radical (unpaired) electrons. The van der Waals surface area contributed by atoms with E-state index in [2.05, 4.69) is 10.6 Å². The van der Waals surface area contributed by atoms with Crippen molar-refractivity contribution in [3.63, 3.8) is 0 Å². The average molecular weight is 334 g/mol. The van der Waals surface area contributed by atoms with Gasteiger partial charge in [-0.3, -0.25) is 4.79 Å². The molecule has 0 saturated carbocycles. The van der Waals surface area contributed by atoms with Gasteiger partial charge in [-0.25, -0.2) is 4.79 Å². The summed E-state index contributed by atoms with van der Waals surface area (Å²) in [5.74, 6) is 0.0251. The Balaban J connectivity index is 1.88. The van der Waals surface area contributed by atoms with Crippen LogP contribution in [-0.4, -0.2) is 38.4 Å². The first kappa shape index (κ1) is 18.3. The zero-order valence-electron chi connectivity index (χ0n) is 14.1. The third-order valence-corrected chi connectivity index (χ3v) is 3.99. The minimum absolute atomic E-state index is 0.109. The molecule has 1 aliphatic heterocycles. The maximum absolute atomic E-state index is 12.2. The molecule has 6 heteroatoms. The molecule has 24 heavy (non-hydrogen) atoms. The Labute approximate surface area is 142 Å². The molecule has 1 saturated heterocycles. The number of nitrogens with one attached hydrogen (secondary N) is 2. The fourth-order valence-corrected chi connectivity index (χ4v) is 2.74. The number of carbonyl (C=O) groups is 2. The highest BCUT2D eigenvalue weighted by atomic mass is 16.5. The lowest BCUT2D eigenvalue weighted by atomic mass is 10.0. The van der Waals surface area contributed by atoms with Crippen molar-refractivity contribution in [3.05, 3.63) is 35.9 Å². The number of esters is 1. The van der Waals surface area contributed by atoms with Gasteiger partial charge in [-0.15, -0.1) is 0 Å². The Hall–Kier alpha value is -2.08. The average Bonchev–Trinajstić information content (AvgIpc) is 2.61. The van der Waals surface area contributed by atoms with E-state index in [0.29, 0.717) is 25.7 Å². The van der Waals surface area contributed by atoms with Crippen LogP contribution in [0, 0.1) is 5.92 Å². The molecule has 1 aromatic carbocycles. The summed E-state index contributed by atoms with van der Waals surface area (Å²) < 4.78 is 10.4. The Kier molecular flexibility index (Phi) is 7.55. The molecule has 0 aromatic heterocycles. The molecule has 0 bridgehead atoms. The summed E-state index contributed by atoms with van der Waals surface area (Å²) in [6.45, 7) is 4.16. The van der Waals surface area contributed by atoms with Crippen LogP contribution < -0.4 is 10.6 Å². The summed E-state index contributed by atoms with van der Waals surface area (Å²) in [7, 11) is 0. The second-order valence-electron chi connectivity index (χ2n) is 5.91. The maximum atomic E-state index is 12.2. The molecule has 132 valence electrons. The van der Waals surface area contributed by atoms with E-state index < -0.39 is 6.04 Å². The van der Waals surface area contributed by atoms with Crippen LogP contribution in [0.15, 0.2) is 30.3 Å². The van der Waals surface area contributed by atoms with Crippen molar-refractivity contribution in [3.8, 4) is 0 Å². The molecule has 1 heterocycles. The smallest absolute Gasteiger partial charge is 0.315 e. The summed E-state index contributed by atoms with van der Waals surface area (Å²) in [6.07, 6.45) is 2.20. The standard InChI is InChI=1S/C18H26N2O4/c1-2-24-17(21)11-16(15-8-4-3-5-9-15)20-18(22)19-12-14-7-6-10-23-13-14/h3-5,8-9,14,16H,2,6-7,10-13H2,1H3,(H2,19,20,22)/t14-,16+/m1/s1. The molecular weight excluding hydrogens is 308 g/mol. The molecule has 2 amide bonds. The van der Waals surface area contributed by atoms with Gasteiger partial charge in [-0.1, -0.05) is 30.3 Å². The minimum atomic E-state index is -0.409. The summed E-state index contributed by atoms with van der Waals surface area (Å²) >= 11 is 0. The molecule has 2 N–H and O–H groups in total. The summed E-state index contributed by atoms with van der Waals surface area (Å²) in [5.41, 5.74) is 0.877. The van der Waals surface area contributed by atoms with E-state index in [9.17, 15) is 9.59 Å². The lowest BCUT2D eigenvalue weighted by molar-refractivity contribution is -0.143. The molecule has 0 aliphatic carbocycles. The summed E-state index contributed by atoms with van der Waals surface area (Å²) in [4.78, 5) is 24.0. The van der Waals surface area contributed by atoms with Crippen molar-refractivity contribution in [2.45, 2.75) is 32.2 Å². The van der Waals surface area contributed by atoms with Gasteiger partial charge in [-0.2, -0.15) is 0 Å². The number of ether oxygens (including phenoxy) is 2. The lowest BCUT2D eigenvalue weighted by Crippen LogP contribution is -2.42. The van der Waals surface area contributed by atoms with E-state index in [0.717, 1.165) is 25.0 Å². The summed E-state index contributed by atoms with van der Waals surface area (Å²) in [6, 6.07) is 8.75. The zero-order valence-corrected chi connectivity index (χ0v) is 14.1. The second kappa shape index (κ2) is 9.93. The van der Waals surface area contributed by atoms with Crippen LogP contribution in [0.5, 0.6) is 0 Å². The highest BCUT2D eigenvalue weighted by molar-refractivity contribution is 5.76. The largest absolute Gasteiger partial charge is 0.466 e. The first-order valence-corrected chi connectivity index (χ1v) is 8.51. The number of benzene rings is 1. The third-order valence-electron chi connectivity index (χ3n) is 3.99. The van der Waals surface area contributed by atoms with Crippen LogP contribution >= 0.6 is 0 Å². The van der Waals surface area contributed by atoms with E-state index in [-0.39, 0.29) is 18.4 Å². The van der Waals surface area contributed by atoms with Crippen LogP contribution in [0.4, 0.5) is 4.79 Å². The zero-order chi connectivity index (χ0) is 17.2. The molecule has 2 rings (SSSR count). The number of carbonyl (C=O) groups excluding carboxylic acids is 2. The first-order valence-electron chi connectivity index (χ1n) is 8.51. The fraction of sp³-hybridized carbons (Fsp3) is 0.556. The molecule has 1 aliphatic rings. The minimum Gasteiger partial charge on any atom is -0.466 e. The molecule has 1 aromatic rings. The SMILES string of the molecule is CCOC(=O)C[C@H](NC(=O)NC[C@H]1CCCOC1)c1ccccc1. The number of amides is 2. The Morgan fingerprint density at radius 2 is 2.12 bits per heavy atom. The Bertz CT molecular complexity index is 515. The maximum Gasteiger partial charge on any atom is 0.315 e. The van der Waals surface area contributed by atoms with Gasteiger partial charge < -0.3 is 20.1 Å². The molecule has 0 spiro atoms. The Morgan fingerprint density at radius 1 is 1.33 bits per heavy atom. The number of rotatable bonds is 7. The van der Waals surface area contributed by atoms with Crippen molar-refractivity contribution in [2.24, 2.45) is 5.92 Å². The van der Waals surface area contributed by atoms with Crippen molar-refractivity contribution in [2.75, 3.05) is 26.4 Å².